The Morgan fingerprint density at radius 2 is 1.97 bits per heavy atom. The quantitative estimate of drug-likeness (QED) is 0.365. The normalized spacial score (nSPS) is 15.1. The Morgan fingerprint density at radius 3 is 2.61 bits per heavy atom. The molecule has 0 bridgehead atoms. The van der Waals surface area contributed by atoms with Crippen LogP contribution in [0.5, 0.6) is 5.75 Å². The van der Waals surface area contributed by atoms with E-state index in [2.05, 4.69) is 41.8 Å². The van der Waals surface area contributed by atoms with Gasteiger partial charge in [0, 0.05) is 23.6 Å². The predicted molar refractivity (Wildman–Crippen MR) is 127 cm³/mol. The average Bonchev–Trinajstić information content (AvgIpc) is 3.27. The van der Waals surface area contributed by atoms with Crippen molar-refractivity contribution in [3.05, 3.63) is 65.7 Å². The van der Waals surface area contributed by atoms with Gasteiger partial charge in [0.15, 0.2) is 5.03 Å². The van der Waals surface area contributed by atoms with E-state index in [-0.39, 0.29) is 5.75 Å². The number of nitrogens with zero attached hydrogens (tertiary/aromatic N) is 1. The first-order valence-corrected chi connectivity index (χ1v) is 11.4. The fraction of sp³-hybridized carbons (Fsp3) is 0.280. The van der Waals surface area contributed by atoms with Crippen molar-refractivity contribution in [3.8, 4) is 17.2 Å². The van der Waals surface area contributed by atoms with E-state index in [4.69, 9.17) is 14.3 Å². The lowest BCUT2D eigenvalue weighted by atomic mass is 9.77. The standard InChI is InChI=1S/C25H25FN2O4S/c1-25(2)10-8-16(9-11-25)15-4-6-17(7-5-15)23-27-22(14-32-23)33-28-20-13-19(26)18(24(29)30)12-21(20)31-3/h4-8,12-14,28H,9-11H2,1-3H3,(H,29,30). The molecule has 0 spiro atoms. The molecule has 0 amide bonds. The van der Waals surface area contributed by atoms with Gasteiger partial charge in [0.05, 0.1) is 18.4 Å². The zero-order valence-corrected chi connectivity index (χ0v) is 19.5. The van der Waals surface area contributed by atoms with Crippen molar-refractivity contribution in [2.24, 2.45) is 5.41 Å². The van der Waals surface area contributed by atoms with E-state index in [1.807, 2.05) is 12.1 Å². The van der Waals surface area contributed by atoms with Gasteiger partial charge < -0.3 is 19.0 Å². The minimum Gasteiger partial charge on any atom is -0.495 e. The Labute approximate surface area is 196 Å². The van der Waals surface area contributed by atoms with E-state index in [1.54, 1.807) is 0 Å². The second kappa shape index (κ2) is 9.31. The lowest BCUT2D eigenvalue weighted by Crippen LogP contribution is -2.13. The average molecular weight is 469 g/mol. The number of ether oxygens (including phenoxy) is 1. The molecule has 8 heteroatoms. The van der Waals surface area contributed by atoms with Crippen LogP contribution < -0.4 is 9.46 Å². The van der Waals surface area contributed by atoms with Crippen molar-refractivity contribution in [2.75, 3.05) is 11.8 Å². The molecule has 0 unspecified atom stereocenters. The number of methoxy groups -OCH3 is 1. The van der Waals surface area contributed by atoms with Crippen LogP contribution in [0, 0.1) is 11.2 Å². The van der Waals surface area contributed by atoms with E-state index >= 15 is 0 Å². The molecule has 1 aliphatic carbocycles. The zero-order valence-electron chi connectivity index (χ0n) is 18.6. The number of rotatable bonds is 7. The van der Waals surface area contributed by atoms with Gasteiger partial charge in [-0.25, -0.2) is 14.2 Å². The molecule has 6 nitrogen and oxygen atoms in total. The summed E-state index contributed by atoms with van der Waals surface area (Å²) in [5.74, 6) is -1.53. The number of hydrogen-bond donors (Lipinski definition) is 2. The third kappa shape index (κ3) is 5.22. The highest BCUT2D eigenvalue weighted by atomic mass is 32.2. The Balaban J connectivity index is 1.44. The van der Waals surface area contributed by atoms with Gasteiger partial charge in [0.25, 0.3) is 0 Å². The number of carbonyl (C=O) groups is 1. The van der Waals surface area contributed by atoms with Gasteiger partial charge in [-0.3, -0.25) is 0 Å². The molecule has 0 saturated carbocycles. The highest BCUT2D eigenvalue weighted by Gasteiger charge is 2.22. The van der Waals surface area contributed by atoms with Crippen molar-refractivity contribution < 1.29 is 23.4 Å². The SMILES string of the molecule is COc1cc(C(=O)O)c(F)cc1NSc1coc(-c2ccc(C3=CCC(C)(C)CC3)cc2)n1. The summed E-state index contributed by atoms with van der Waals surface area (Å²) < 4.78 is 27.8. The topological polar surface area (TPSA) is 84.6 Å². The molecule has 1 aliphatic rings. The van der Waals surface area contributed by atoms with Crippen LogP contribution >= 0.6 is 11.9 Å². The molecule has 0 aliphatic heterocycles. The first-order valence-electron chi connectivity index (χ1n) is 10.5. The summed E-state index contributed by atoms with van der Waals surface area (Å²) in [6, 6.07) is 10.4. The van der Waals surface area contributed by atoms with Gasteiger partial charge in [-0.05, 0) is 54.0 Å². The van der Waals surface area contributed by atoms with Crippen molar-refractivity contribution in [2.45, 2.75) is 38.1 Å². The number of aromatic nitrogens is 1. The summed E-state index contributed by atoms with van der Waals surface area (Å²) in [5, 5.41) is 9.60. The Kier molecular flexibility index (Phi) is 6.47. The minimum absolute atomic E-state index is 0.209. The van der Waals surface area contributed by atoms with Crippen LogP contribution in [-0.2, 0) is 0 Å². The molecular weight excluding hydrogens is 443 g/mol. The number of allylic oxidation sites excluding steroid dienone is 2. The van der Waals surface area contributed by atoms with Gasteiger partial charge in [0.2, 0.25) is 5.89 Å². The molecule has 2 N–H and O–H groups in total. The Hall–Kier alpha value is -3.26. The molecule has 0 fully saturated rings. The number of oxazole rings is 1. The Bertz CT molecular complexity index is 1200. The molecule has 0 atom stereocenters. The van der Waals surface area contributed by atoms with E-state index in [0.717, 1.165) is 42.5 Å². The number of aromatic carboxylic acids is 1. The van der Waals surface area contributed by atoms with E-state index in [1.165, 1.54) is 30.9 Å². The molecule has 1 aromatic heterocycles. The maximum Gasteiger partial charge on any atom is 0.338 e. The number of hydrogen-bond acceptors (Lipinski definition) is 6. The summed E-state index contributed by atoms with van der Waals surface area (Å²) in [6.45, 7) is 4.60. The molecule has 172 valence electrons. The second-order valence-electron chi connectivity index (χ2n) is 8.71. The van der Waals surface area contributed by atoms with Gasteiger partial charge in [-0.15, -0.1) is 0 Å². The number of nitrogens with one attached hydrogen (secondary N) is 1. The van der Waals surface area contributed by atoms with Crippen LogP contribution in [0.15, 0.2) is 58.2 Å². The van der Waals surface area contributed by atoms with Crippen molar-refractivity contribution in [1.29, 1.82) is 0 Å². The summed E-state index contributed by atoms with van der Waals surface area (Å²) in [4.78, 5) is 15.6. The van der Waals surface area contributed by atoms with Crippen molar-refractivity contribution in [1.82, 2.24) is 4.98 Å². The van der Waals surface area contributed by atoms with Crippen molar-refractivity contribution in [3.63, 3.8) is 0 Å². The maximum atomic E-state index is 14.0. The fourth-order valence-corrected chi connectivity index (χ4v) is 4.28. The van der Waals surface area contributed by atoms with Gasteiger partial charge in [-0.1, -0.05) is 32.1 Å². The van der Waals surface area contributed by atoms with Crippen molar-refractivity contribution >= 4 is 29.2 Å². The molecule has 1 heterocycles. The molecule has 3 aromatic rings. The number of anilines is 1. The zero-order chi connectivity index (χ0) is 23.6. The Morgan fingerprint density at radius 1 is 1.24 bits per heavy atom. The van der Waals surface area contributed by atoms with Crippen LogP contribution in [0.1, 0.15) is 49.0 Å². The highest BCUT2D eigenvalue weighted by Crippen LogP contribution is 2.38. The number of halogens is 1. The number of carboxylic acids is 1. The lowest BCUT2D eigenvalue weighted by molar-refractivity contribution is 0.0691. The van der Waals surface area contributed by atoms with Crippen LogP contribution in [0.25, 0.3) is 17.0 Å². The third-order valence-electron chi connectivity index (χ3n) is 5.74. The van der Waals surface area contributed by atoms with Gasteiger partial charge >= 0.3 is 5.97 Å². The molecular formula is C25H25FN2O4S. The van der Waals surface area contributed by atoms with Crippen LogP contribution in [0.3, 0.4) is 0 Å². The summed E-state index contributed by atoms with van der Waals surface area (Å²) in [5.41, 5.74) is 3.67. The monoisotopic (exact) mass is 468 g/mol. The number of carboxylic acid groups (broad SMARTS) is 1. The van der Waals surface area contributed by atoms with Crippen LogP contribution in [0.4, 0.5) is 10.1 Å². The van der Waals surface area contributed by atoms with E-state index < -0.39 is 17.3 Å². The van der Waals surface area contributed by atoms with Crippen LogP contribution in [0.2, 0.25) is 0 Å². The highest BCUT2D eigenvalue weighted by molar-refractivity contribution is 8.00. The number of benzene rings is 2. The van der Waals surface area contributed by atoms with Crippen LogP contribution in [-0.4, -0.2) is 23.2 Å². The summed E-state index contributed by atoms with van der Waals surface area (Å²) in [7, 11) is 1.39. The maximum absolute atomic E-state index is 14.0. The van der Waals surface area contributed by atoms with Gasteiger partial charge in [-0.2, -0.15) is 0 Å². The fourth-order valence-electron chi connectivity index (χ4n) is 3.68. The first kappa shape index (κ1) is 22.9. The summed E-state index contributed by atoms with van der Waals surface area (Å²) >= 11 is 1.11. The van der Waals surface area contributed by atoms with Gasteiger partial charge in [0.1, 0.15) is 17.8 Å². The predicted octanol–water partition coefficient (Wildman–Crippen LogP) is 6.90. The molecule has 4 rings (SSSR count). The van der Waals surface area contributed by atoms with E-state index in [9.17, 15) is 9.18 Å². The molecule has 0 radical (unpaired) electrons. The lowest BCUT2D eigenvalue weighted by Gasteiger charge is -2.28. The second-order valence-corrected chi connectivity index (χ2v) is 9.53. The summed E-state index contributed by atoms with van der Waals surface area (Å²) in [6.07, 6.45) is 7.19. The molecule has 2 aromatic carbocycles. The van der Waals surface area contributed by atoms with E-state index in [0.29, 0.717) is 22.0 Å². The largest absolute Gasteiger partial charge is 0.495 e. The first-order chi connectivity index (χ1) is 15.8. The third-order valence-corrected chi connectivity index (χ3v) is 6.46. The molecule has 33 heavy (non-hydrogen) atoms. The smallest absolute Gasteiger partial charge is 0.338 e. The molecule has 0 saturated heterocycles. The minimum atomic E-state index is -1.36.